The molecule has 2 N–H and O–H groups in total. The third kappa shape index (κ3) is 2.99. The summed E-state index contributed by atoms with van der Waals surface area (Å²) in [5.41, 5.74) is 2.15. The fourth-order valence-electron chi connectivity index (χ4n) is 2.03. The van der Waals surface area contributed by atoms with Gasteiger partial charge in [0, 0.05) is 17.0 Å². The highest BCUT2D eigenvalue weighted by atomic mass is 35.5. The van der Waals surface area contributed by atoms with Crippen molar-refractivity contribution < 1.29 is 9.78 Å². The number of hydrogen-bond donors (Lipinski definition) is 1. The number of rotatable bonds is 2. The first-order chi connectivity index (χ1) is 10.1. The molecule has 0 radical (unpaired) electrons. The van der Waals surface area contributed by atoms with Crippen LogP contribution in [0.4, 0.5) is 5.69 Å². The molecule has 0 atom stereocenters. The van der Waals surface area contributed by atoms with E-state index in [4.69, 9.17) is 23.2 Å². The monoisotopic (exact) mass is 317 g/mol. The number of halogens is 2. The minimum atomic E-state index is -0.239. The van der Waals surface area contributed by atoms with Crippen molar-refractivity contribution in [2.75, 3.05) is 5.32 Å². The molecule has 5 heteroatoms. The van der Waals surface area contributed by atoms with Crippen LogP contribution in [-0.2, 0) is 0 Å². The molecule has 0 spiro atoms. The normalized spacial score (nSPS) is 10.6. The molecule has 3 nitrogen and oxygen atoms in total. The fourth-order valence-corrected chi connectivity index (χ4v) is 2.33. The summed E-state index contributed by atoms with van der Waals surface area (Å²) in [6.07, 6.45) is 1.75. The third-order valence-electron chi connectivity index (χ3n) is 3.09. The first kappa shape index (κ1) is 13.9. The van der Waals surface area contributed by atoms with Crippen molar-refractivity contribution in [3.05, 3.63) is 70.3 Å². The van der Waals surface area contributed by atoms with Crippen LogP contribution in [0.5, 0.6) is 0 Å². The summed E-state index contributed by atoms with van der Waals surface area (Å²) in [6, 6.07) is 14.5. The van der Waals surface area contributed by atoms with Crippen LogP contribution in [0.2, 0.25) is 10.0 Å². The topological polar surface area (TPSA) is 43.2 Å². The minimum Gasteiger partial charge on any atom is -0.317 e. The number of hydrogen-bond acceptors (Lipinski definition) is 1. The van der Waals surface area contributed by atoms with Gasteiger partial charge in [-0.25, -0.2) is 4.98 Å². The lowest BCUT2D eigenvalue weighted by atomic mass is 10.2. The number of pyridine rings is 1. The number of aromatic amines is 1. The Morgan fingerprint density at radius 1 is 1.00 bits per heavy atom. The van der Waals surface area contributed by atoms with Gasteiger partial charge in [-0.1, -0.05) is 35.3 Å². The predicted octanol–water partition coefficient (Wildman–Crippen LogP) is 4.21. The van der Waals surface area contributed by atoms with E-state index >= 15 is 0 Å². The van der Waals surface area contributed by atoms with Crippen molar-refractivity contribution in [1.29, 1.82) is 0 Å². The lowest BCUT2D eigenvalue weighted by Gasteiger charge is -2.05. The van der Waals surface area contributed by atoms with Crippen molar-refractivity contribution in [2.45, 2.75) is 0 Å². The van der Waals surface area contributed by atoms with Gasteiger partial charge in [-0.05, 0) is 30.3 Å². The number of carbonyl (C=O) groups excluding carboxylic acids is 1. The van der Waals surface area contributed by atoms with Crippen LogP contribution in [0.25, 0.3) is 10.9 Å². The van der Waals surface area contributed by atoms with Crippen LogP contribution in [0.3, 0.4) is 0 Å². The van der Waals surface area contributed by atoms with Gasteiger partial charge < -0.3 is 5.32 Å². The second-order valence-corrected chi connectivity index (χ2v) is 5.37. The molecule has 0 bridgehead atoms. The minimum absolute atomic E-state index is 0.239. The van der Waals surface area contributed by atoms with Crippen LogP contribution in [0, 0.1) is 0 Å². The average Bonchev–Trinajstić information content (AvgIpc) is 2.50. The SMILES string of the molecule is O=C(Nc1c[nH+]c2ccccc2c1)c1ccc(Cl)c(Cl)c1. The Balaban J connectivity index is 1.87. The molecular formula is C16H11Cl2N2O+. The summed E-state index contributed by atoms with van der Waals surface area (Å²) in [6.45, 7) is 0. The molecule has 0 unspecified atom stereocenters. The van der Waals surface area contributed by atoms with Crippen molar-refractivity contribution in [3.63, 3.8) is 0 Å². The Hall–Kier alpha value is -2.10. The van der Waals surface area contributed by atoms with Gasteiger partial charge >= 0.3 is 0 Å². The Morgan fingerprint density at radius 3 is 2.62 bits per heavy atom. The van der Waals surface area contributed by atoms with Gasteiger partial charge in [0.25, 0.3) is 5.91 Å². The molecular weight excluding hydrogens is 307 g/mol. The number of carbonyl (C=O) groups is 1. The Morgan fingerprint density at radius 2 is 1.81 bits per heavy atom. The molecule has 2 aromatic carbocycles. The molecule has 0 aliphatic carbocycles. The van der Waals surface area contributed by atoms with Crippen LogP contribution in [0.1, 0.15) is 10.4 Å². The van der Waals surface area contributed by atoms with Crippen molar-refractivity contribution in [2.24, 2.45) is 0 Å². The molecule has 0 aliphatic rings. The number of anilines is 1. The summed E-state index contributed by atoms with van der Waals surface area (Å²) < 4.78 is 0. The van der Waals surface area contributed by atoms with Gasteiger partial charge in [-0.2, -0.15) is 0 Å². The molecule has 1 heterocycles. The first-order valence-corrected chi connectivity index (χ1v) is 7.06. The maximum atomic E-state index is 12.2. The van der Waals surface area contributed by atoms with E-state index in [2.05, 4.69) is 10.3 Å². The number of benzene rings is 2. The quantitative estimate of drug-likeness (QED) is 0.755. The van der Waals surface area contributed by atoms with E-state index in [-0.39, 0.29) is 5.91 Å². The fraction of sp³-hybridized carbons (Fsp3) is 0. The van der Waals surface area contributed by atoms with E-state index in [1.807, 2.05) is 30.3 Å². The second kappa shape index (κ2) is 5.72. The van der Waals surface area contributed by atoms with Gasteiger partial charge in [0.1, 0.15) is 5.69 Å². The van der Waals surface area contributed by atoms with E-state index in [0.717, 1.165) is 10.9 Å². The smallest absolute Gasteiger partial charge is 0.255 e. The maximum Gasteiger partial charge on any atom is 0.255 e. The largest absolute Gasteiger partial charge is 0.317 e. The number of para-hydroxylation sites is 1. The maximum absolute atomic E-state index is 12.2. The highest BCUT2D eigenvalue weighted by molar-refractivity contribution is 6.42. The molecule has 0 fully saturated rings. The summed E-state index contributed by atoms with van der Waals surface area (Å²) >= 11 is 11.8. The highest BCUT2D eigenvalue weighted by Gasteiger charge is 2.10. The van der Waals surface area contributed by atoms with Crippen LogP contribution in [-0.4, -0.2) is 5.91 Å². The van der Waals surface area contributed by atoms with Crippen LogP contribution < -0.4 is 10.3 Å². The van der Waals surface area contributed by atoms with Crippen molar-refractivity contribution in [3.8, 4) is 0 Å². The highest BCUT2D eigenvalue weighted by Crippen LogP contribution is 2.23. The number of amides is 1. The first-order valence-electron chi connectivity index (χ1n) is 6.30. The van der Waals surface area contributed by atoms with Gasteiger partial charge in [0.2, 0.25) is 5.52 Å². The van der Waals surface area contributed by atoms with Gasteiger partial charge in [0.15, 0.2) is 6.20 Å². The lowest BCUT2D eigenvalue weighted by Crippen LogP contribution is -2.14. The van der Waals surface area contributed by atoms with E-state index in [1.165, 1.54) is 0 Å². The summed E-state index contributed by atoms with van der Waals surface area (Å²) in [5.74, 6) is -0.239. The summed E-state index contributed by atoms with van der Waals surface area (Å²) in [4.78, 5) is 15.3. The van der Waals surface area contributed by atoms with E-state index in [1.54, 1.807) is 24.4 Å². The Bertz CT molecular complexity index is 833. The molecule has 0 aliphatic heterocycles. The van der Waals surface area contributed by atoms with Crippen molar-refractivity contribution in [1.82, 2.24) is 0 Å². The standard InChI is InChI=1S/C16H10Cl2N2O/c17-13-6-5-11(8-14(13)18)16(21)20-12-7-10-3-1-2-4-15(10)19-9-12/h1-9H,(H,20,21)/p+1. The van der Waals surface area contributed by atoms with Crippen LogP contribution >= 0.6 is 23.2 Å². The zero-order valence-electron chi connectivity index (χ0n) is 10.9. The molecule has 1 amide bonds. The van der Waals surface area contributed by atoms with Gasteiger partial charge in [-0.3, -0.25) is 4.79 Å². The molecule has 104 valence electrons. The molecule has 0 saturated heterocycles. The lowest BCUT2D eigenvalue weighted by molar-refractivity contribution is -0.343. The third-order valence-corrected chi connectivity index (χ3v) is 3.83. The van der Waals surface area contributed by atoms with Crippen LogP contribution in [0.15, 0.2) is 54.7 Å². The van der Waals surface area contributed by atoms with Gasteiger partial charge in [-0.15, -0.1) is 0 Å². The molecule has 3 aromatic rings. The Kier molecular flexibility index (Phi) is 3.78. The zero-order valence-corrected chi connectivity index (χ0v) is 12.4. The number of fused-ring (bicyclic) bond motifs is 1. The zero-order chi connectivity index (χ0) is 14.8. The van der Waals surface area contributed by atoms with E-state index in [0.29, 0.717) is 21.3 Å². The predicted molar refractivity (Wildman–Crippen MR) is 84.9 cm³/mol. The number of aromatic nitrogens is 1. The van der Waals surface area contributed by atoms with Gasteiger partial charge in [0.05, 0.1) is 10.0 Å². The van der Waals surface area contributed by atoms with Crippen molar-refractivity contribution >= 4 is 45.7 Å². The summed E-state index contributed by atoms with van der Waals surface area (Å²) in [7, 11) is 0. The average molecular weight is 318 g/mol. The molecule has 0 saturated carbocycles. The number of H-pyrrole nitrogens is 1. The summed E-state index contributed by atoms with van der Waals surface area (Å²) in [5, 5.41) is 4.62. The number of nitrogens with one attached hydrogen (secondary N) is 2. The molecule has 21 heavy (non-hydrogen) atoms. The molecule has 3 rings (SSSR count). The van der Waals surface area contributed by atoms with E-state index < -0.39 is 0 Å². The van der Waals surface area contributed by atoms with E-state index in [9.17, 15) is 4.79 Å². The molecule has 1 aromatic heterocycles. The second-order valence-electron chi connectivity index (χ2n) is 4.56. The Labute approximate surface area is 131 Å².